The molecule has 0 aliphatic rings. The number of nitro groups is 1. The van der Waals surface area contributed by atoms with Gasteiger partial charge in [0.05, 0.1) is 29.9 Å². The molecule has 2 aromatic rings. The minimum Gasteiger partial charge on any atom is -0.467 e. The third kappa shape index (κ3) is 3.01. The third-order valence-corrected chi connectivity index (χ3v) is 2.66. The van der Waals surface area contributed by atoms with Crippen molar-refractivity contribution in [2.75, 3.05) is 17.2 Å². The van der Waals surface area contributed by atoms with E-state index in [0.29, 0.717) is 18.9 Å². The number of nitrogens with two attached hydrogens (primary N) is 1. The standard InChI is InChI=1S/C12H14N4O3/c1-2-15(8-10-4-3-5-19-10)12-7-9(16(17)18)6-11(13)14-12/h3-7H,2,8H2,1H3,(H2,13,14). The van der Waals surface area contributed by atoms with Crippen molar-refractivity contribution in [3.05, 3.63) is 46.4 Å². The van der Waals surface area contributed by atoms with E-state index in [1.54, 1.807) is 12.3 Å². The Balaban J connectivity index is 2.29. The number of anilines is 2. The maximum absolute atomic E-state index is 10.8. The molecule has 0 saturated carbocycles. The number of nitrogens with zero attached hydrogens (tertiary/aromatic N) is 3. The van der Waals surface area contributed by atoms with Gasteiger partial charge in [-0.25, -0.2) is 4.98 Å². The average Bonchev–Trinajstić information content (AvgIpc) is 2.88. The van der Waals surface area contributed by atoms with Gasteiger partial charge in [0.1, 0.15) is 17.4 Å². The Bertz CT molecular complexity index is 568. The lowest BCUT2D eigenvalue weighted by Gasteiger charge is -2.20. The summed E-state index contributed by atoms with van der Waals surface area (Å²) in [6.45, 7) is 3.05. The lowest BCUT2D eigenvalue weighted by atomic mass is 10.3. The first-order valence-corrected chi connectivity index (χ1v) is 5.79. The van der Waals surface area contributed by atoms with Gasteiger partial charge in [0.15, 0.2) is 0 Å². The molecule has 0 aromatic carbocycles. The Morgan fingerprint density at radius 1 is 1.53 bits per heavy atom. The zero-order valence-corrected chi connectivity index (χ0v) is 10.4. The summed E-state index contributed by atoms with van der Waals surface area (Å²) in [5.74, 6) is 1.35. The number of rotatable bonds is 5. The molecule has 2 rings (SSSR count). The highest BCUT2D eigenvalue weighted by Gasteiger charge is 2.15. The summed E-state index contributed by atoms with van der Waals surface area (Å²) in [5.41, 5.74) is 5.53. The Kier molecular flexibility index (Phi) is 3.65. The van der Waals surface area contributed by atoms with Gasteiger partial charge in [0.25, 0.3) is 5.69 Å². The van der Waals surface area contributed by atoms with Crippen molar-refractivity contribution in [3.8, 4) is 0 Å². The van der Waals surface area contributed by atoms with Crippen molar-refractivity contribution in [1.82, 2.24) is 4.98 Å². The van der Waals surface area contributed by atoms with Gasteiger partial charge in [-0.2, -0.15) is 0 Å². The predicted molar refractivity (Wildman–Crippen MR) is 70.7 cm³/mol. The predicted octanol–water partition coefficient (Wildman–Crippen LogP) is 2.19. The minimum atomic E-state index is -0.484. The largest absolute Gasteiger partial charge is 0.467 e. The second-order valence-electron chi connectivity index (χ2n) is 3.96. The second-order valence-corrected chi connectivity index (χ2v) is 3.96. The van der Waals surface area contributed by atoms with Crippen molar-refractivity contribution in [2.24, 2.45) is 0 Å². The Morgan fingerprint density at radius 2 is 2.32 bits per heavy atom. The Morgan fingerprint density at radius 3 is 2.89 bits per heavy atom. The first-order chi connectivity index (χ1) is 9.10. The van der Waals surface area contributed by atoms with Crippen LogP contribution in [0.5, 0.6) is 0 Å². The van der Waals surface area contributed by atoms with E-state index in [-0.39, 0.29) is 11.5 Å². The molecule has 0 amide bonds. The van der Waals surface area contributed by atoms with Crippen LogP contribution in [0.3, 0.4) is 0 Å². The van der Waals surface area contributed by atoms with Gasteiger partial charge in [-0.05, 0) is 19.1 Å². The number of pyridine rings is 1. The number of nitrogen functional groups attached to an aromatic ring is 1. The van der Waals surface area contributed by atoms with Gasteiger partial charge in [-0.15, -0.1) is 0 Å². The van der Waals surface area contributed by atoms with Gasteiger partial charge in [0, 0.05) is 6.54 Å². The highest BCUT2D eigenvalue weighted by molar-refractivity contribution is 5.54. The van der Waals surface area contributed by atoms with Gasteiger partial charge < -0.3 is 15.1 Å². The van der Waals surface area contributed by atoms with Gasteiger partial charge in [-0.1, -0.05) is 0 Å². The summed E-state index contributed by atoms with van der Waals surface area (Å²) in [6.07, 6.45) is 1.58. The first kappa shape index (κ1) is 12.9. The summed E-state index contributed by atoms with van der Waals surface area (Å²) in [6, 6.07) is 6.27. The Labute approximate surface area is 109 Å². The fourth-order valence-corrected chi connectivity index (χ4v) is 1.74. The number of aromatic nitrogens is 1. The molecular weight excluding hydrogens is 248 g/mol. The van der Waals surface area contributed by atoms with Crippen molar-refractivity contribution >= 4 is 17.3 Å². The van der Waals surface area contributed by atoms with Crippen LogP contribution >= 0.6 is 0 Å². The molecule has 7 nitrogen and oxygen atoms in total. The normalized spacial score (nSPS) is 10.4. The van der Waals surface area contributed by atoms with Gasteiger partial charge in [0.2, 0.25) is 0 Å². The summed E-state index contributed by atoms with van der Waals surface area (Å²) >= 11 is 0. The zero-order valence-electron chi connectivity index (χ0n) is 10.4. The van der Waals surface area contributed by atoms with Crippen molar-refractivity contribution in [3.63, 3.8) is 0 Å². The molecule has 0 unspecified atom stereocenters. The van der Waals surface area contributed by atoms with Gasteiger partial charge in [-0.3, -0.25) is 10.1 Å². The lowest BCUT2D eigenvalue weighted by molar-refractivity contribution is -0.384. The summed E-state index contributed by atoms with van der Waals surface area (Å²) in [7, 11) is 0. The zero-order chi connectivity index (χ0) is 13.8. The van der Waals surface area contributed by atoms with Crippen LogP contribution in [-0.2, 0) is 6.54 Å². The molecule has 0 bridgehead atoms. The molecule has 0 fully saturated rings. The van der Waals surface area contributed by atoms with E-state index in [4.69, 9.17) is 10.2 Å². The number of hydrogen-bond donors (Lipinski definition) is 1. The molecular formula is C12H14N4O3. The van der Waals surface area contributed by atoms with Gasteiger partial charge >= 0.3 is 0 Å². The smallest absolute Gasteiger partial charge is 0.276 e. The molecule has 2 N–H and O–H groups in total. The number of furan rings is 1. The summed E-state index contributed by atoms with van der Waals surface area (Å²) in [5, 5.41) is 10.8. The molecule has 19 heavy (non-hydrogen) atoms. The van der Waals surface area contributed by atoms with E-state index in [1.165, 1.54) is 12.1 Å². The van der Waals surface area contributed by atoms with E-state index in [1.807, 2.05) is 17.9 Å². The fourth-order valence-electron chi connectivity index (χ4n) is 1.74. The van der Waals surface area contributed by atoms with Crippen LogP contribution in [0.25, 0.3) is 0 Å². The van der Waals surface area contributed by atoms with Crippen LogP contribution in [-0.4, -0.2) is 16.5 Å². The first-order valence-electron chi connectivity index (χ1n) is 5.79. The SMILES string of the molecule is CCN(Cc1ccco1)c1cc([N+](=O)[O-])cc(N)n1. The molecule has 0 saturated heterocycles. The van der Waals surface area contributed by atoms with Crippen LogP contribution in [0.1, 0.15) is 12.7 Å². The molecule has 7 heteroatoms. The monoisotopic (exact) mass is 262 g/mol. The van der Waals surface area contributed by atoms with E-state index in [0.717, 1.165) is 5.76 Å². The van der Waals surface area contributed by atoms with E-state index in [2.05, 4.69) is 4.98 Å². The maximum Gasteiger partial charge on any atom is 0.276 e. The van der Waals surface area contributed by atoms with E-state index >= 15 is 0 Å². The highest BCUT2D eigenvalue weighted by atomic mass is 16.6. The average molecular weight is 262 g/mol. The Hall–Kier alpha value is -2.57. The van der Waals surface area contributed by atoms with E-state index < -0.39 is 4.92 Å². The molecule has 0 aliphatic heterocycles. The third-order valence-electron chi connectivity index (χ3n) is 2.66. The summed E-state index contributed by atoms with van der Waals surface area (Å²) < 4.78 is 5.26. The summed E-state index contributed by atoms with van der Waals surface area (Å²) in [4.78, 5) is 16.3. The van der Waals surface area contributed by atoms with Crippen LogP contribution in [0.15, 0.2) is 34.9 Å². The van der Waals surface area contributed by atoms with Crippen molar-refractivity contribution in [2.45, 2.75) is 13.5 Å². The topological polar surface area (TPSA) is 98.4 Å². The molecule has 2 aromatic heterocycles. The molecule has 0 aliphatic carbocycles. The molecule has 0 spiro atoms. The maximum atomic E-state index is 10.8. The molecule has 100 valence electrons. The van der Waals surface area contributed by atoms with Crippen LogP contribution < -0.4 is 10.6 Å². The minimum absolute atomic E-state index is 0.0691. The lowest BCUT2D eigenvalue weighted by Crippen LogP contribution is -2.23. The molecule has 0 radical (unpaired) electrons. The van der Waals surface area contributed by atoms with Crippen LogP contribution in [0.2, 0.25) is 0 Å². The quantitative estimate of drug-likeness (QED) is 0.655. The van der Waals surface area contributed by atoms with E-state index in [9.17, 15) is 10.1 Å². The highest BCUT2D eigenvalue weighted by Crippen LogP contribution is 2.23. The molecule has 0 atom stereocenters. The fraction of sp³-hybridized carbons (Fsp3) is 0.250. The van der Waals surface area contributed by atoms with Crippen LogP contribution in [0.4, 0.5) is 17.3 Å². The second kappa shape index (κ2) is 5.38. The number of hydrogen-bond acceptors (Lipinski definition) is 6. The van der Waals surface area contributed by atoms with Crippen molar-refractivity contribution < 1.29 is 9.34 Å². The molecule has 2 heterocycles. The van der Waals surface area contributed by atoms with Crippen LogP contribution in [0, 0.1) is 10.1 Å². The van der Waals surface area contributed by atoms with Crippen molar-refractivity contribution in [1.29, 1.82) is 0 Å².